The molecule has 2 fully saturated rings. The number of benzene rings is 3. The fourth-order valence-electron chi connectivity index (χ4n) is 6.26. The monoisotopic (exact) mass is 700 g/mol. The van der Waals surface area contributed by atoms with Crippen molar-refractivity contribution in [1.82, 2.24) is 15.1 Å². The lowest BCUT2D eigenvalue weighted by Gasteiger charge is -2.35. The molecule has 2 aliphatic rings. The summed E-state index contributed by atoms with van der Waals surface area (Å²) < 4.78 is 55.0. The largest absolute Gasteiger partial charge is 0.384 e. The Labute approximate surface area is 297 Å². The van der Waals surface area contributed by atoms with Gasteiger partial charge in [-0.05, 0) is 104 Å². The summed E-state index contributed by atoms with van der Waals surface area (Å²) in [5, 5.41) is 6.42. The normalized spacial score (nSPS) is 19.3. The smallest absolute Gasteiger partial charge is 0.251 e. The summed E-state index contributed by atoms with van der Waals surface area (Å²) >= 11 is 0. The fraction of sp³-hybridized carbons (Fsp3) is 0.317. The lowest BCUT2D eigenvalue weighted by molar-refractivity contribution is -0.113. The van der Waals surface area contributed by atoms with E-state index in [9.17, 15) is 27.2 Å². The zero-order valence-corrected chi connectivity index (χ0v) is 29.0. The average Bonchev–Trinajstić information content (AvgIpc) is 3.12. The molecule has 1 saturated carbocycles. The molecular weight excluding hydrogens is 656 g/mol. The van der Waals surface area contributed by atoms with Crippen molar-refractivity contribution in [3.63, 3.8) is 0 Å². The Bertz CT molecular complexity index is 1750. The van der Waals surface area contributed by atoms with Crippen molar-refractivity contribution in [3.8, 4) is 0 Å². The Morgan fingerprint density at radius 3 is 1.90 bits per heavy atom. The van der Waals surface area contributed by atoms with E-state index in [1.807, 2.05) is 12.1 Å². The molecule has 1 aliphatic heterocycles. The number of hydrogen-bond acceptors (Lipinski definition) is 5. The topological polar surface area (TPSA) is 64.7 Å². The summed E-state index contributed by atoms with van der Waals surface area (Å²) in [5.41, 5.74) is 3.75. The molecular formula is C41H44F4N4O2. The summed E-state index contributed by atoms with van der Waals surface area (Å²) in [4.78, 5) is 31.7. The molecule has 5 rings (SSSR count). The van der Waals surface area contributed by atoms with Crippen LogP contribution in [0.15, 0.2) is 95.6 Å². The van der Waals surface area contributed by atoms with Crippen LogP contribution in [0.4, 0.5) is 23.2 Å². The van der Waals surface area contributed by atoms with Gasteiger partial charge in [-0.25, -0.2) is 17.6 Å². The van der Waals surface area contributed by atoms with Gasteiger partial charge in [-0.3, -0.25) is 19.4 Å². The van der Waals surface area contributed by atoms with Crippen LogP contribution in [0.3, 0.4) is 0 Å². The zero-order valence-electron chi connectivity index (χ0n) is 29.0. The first kappa shape index (κ1) is 37.5. The molecule has 2 N–H and O–H groups in total. The number of nitrogens with zero attached hydrogens (tertiary/aromatic N) is 2. The van der Waals surface area contributed by atoms with Crippen molar-refractivity contribution < 1.29 is 27.2 Å². The number of rotatable bonds is 12. The van der Waals surface area contributed by atoms with E-state index in [2.05, 4.69) is 52.5 Å². The van der Waals surface area contributed by atoms with Crippen LogP contribution in [-0.2, 0) is 4.79 Å². The molecule has 6 nitrogen and oxygen atoms in total. The number of anilines is 1. The van der Waals surface area contributed by atoms with Crippen molar-refractivity contribution in [2.45, 2.75) is 39.2 Å². The highest BCUT2D eigenvalue weighted by molar-refractivity contribution is 6.14. The van der Waals surface area contributed by atoms with E-state index >= 15 is 0 Å². The number of allylic oxidation sites excluding steroid dienone is 2. The minimum atomic E-state index is -1.05. The van der Waals surface area contributed by atoms with Crippen molar-refractivity contribution in [1.29, 1.82) is 0 Å². The number of ketones is 1. The van der Waals surface area contributed by atoms with Crippen LogP contribution < -0.4 is 10.6 Å². The van der Waals surface area contributed by atoms with E-state index in [1.54, 1.807) is 12.1 Å². The highest BCUT2D eigenvalue weighted by atomic mass is 19.2. The van der Waals surface area contributed by atoms with E-state index in [0.29, 0.717) is 5.56 Å². The van der Waals surface area contributed by atoms with Gasteiger partial charge in [0.1, 0.15) is 0 Å². The summed E-state index contributed by atoms with van der Waals surface area (Å²) in [7, 11) is 0. The third kappa shape index (κ3) is 10.6. The summed E-state index contributed by atoms with van der Waals surface area (Å²) in [5.74, 6) is -4.86. The number of amides is 1. The van der Waals surface area contributed by atoms with E-state index < -0.39 is 29.3 Å². The van der Waals surface area contributed by atoms with E-state index in [-0.39, 0.29) is 46.8 Å². The van der Waals surface area contributed by atoms with Crippen molar-refractivity contribution in [3.05, 3.63) is 136 Å². The van der Waals surface area contributed by atoms with Crippen molar-refractivity contribution in [2.24, 2.45) is 0 Å². The van der Waals surface area contributed by atoms with E-state index in [4.69, 9.17) is 0 Å². The number of Topliss-reactive ketones (excluding diaryl/α,β-unsaturated/α-hetero) is 1. The molecule has 0 unspecified atom stereocenters. The van der Waals surface area contributed by atoms with Gasteiger partial charge >= 0.3 is 0 Å². The fourth-order valence-corrected chi connectivity index (χ4v) is 6.26. The van der Waals surface area contributed by atoms with Gasteiger partial charge in [0.15, 0.2) is 29.1 Å². The van der Waals surface area contributed by atoms with Crippen LogP contribution in [-0.4, -0.2) is 73.3 Å². The molecule has 3 aromatic carbocycles. The number of halogens is 4. The lowest BCUT2D eigenvalue weighted by atomic mass is 9.83. The first-order chi connectivity index (χ1) is 24.6. The standard InChI is InChI=1S/C41H44F4N4O2/c1-3-5-6-28(4-2)27-49-19-17-48(18-20-49)16-15-46-34-11-9-31(10-12-34)41(51)47-35-25-32(21-29-7-13-36(42)38(44)23-29)40(50)33(26-35)22-30-8-14-37(43)39(45)24-30/h4-14,21-24,35,46H,3,15-20,25-27H2,1-2H3,(H,47,51)/b6-5-,28-4+,32-21+,33-22+. The Morgan fingerprint density at radius 2 is 1.37 bits per heavy atom. The second-order valence-corrected chi connectivity index (χ2v) is 12.9. The molecule has 0 bridgehead atoms. The number of piperazine rings is 1. The minimum absolute atomic E-state index is 0.138. The number of carbonyl (C=O) groups excluding carboxylic acids is 2. The van der Waals surface area contributed by atoms with Gasteiger partial charge in [0, 0.05) is 74.3 Å². The Balaban J connectivity index is 1.18. The van der Waals surface area contributed by atoms with Gasteiger partial charge in [-0.2, -0.15) is 0 Å². The van der Waals surface area contributed by atoms with Gasteiger partial charge in [-0.15, -0.1) is 0 Å². The maximum Gasteiger partial charge on any atom is 0.251 e. The molecule has 1 saturated heterocycles. The Kier molecular flexibility index (Phi) is 13.2. The first-order valence-corrected chi connectivity index (χ1v) is 17.4. The molecule has 0 atom stereocenters. The highest BCUT2D eigenvalue weighted by Crippen LogP contribution is 2.30. The number of carbonyl (C=O) groups is 2. The molecule has 0 aromatic heterocycles. The van der Waals surface area contributed by atoms with Gasteiger partial charge < -0.3 is 10.6 Å². The molecule has 268 valence electrons. The minimum Gasteiger partial charge on any atom is -0.384 e. The van der Waals surface area contributed by atoms with Gasteiger partial charge in [-0.1, -0.05) is 37.3 Å². The summed E-state index contributed by atoms with van der Waals surface area (Å²) in [6.07, 6.45) is 10.8. The van der Waals surface area contributed by atoms with Gasteiger partial charge in [0.25, 0.3) is 5.91 Å². The third-order valence-corrected chi connectivity index (χ3v) is 9.13. The molecule has 3 aromatic rings. The van der Waals surface area contributed by atoms with E-state index in [0.717, 1.165) is 82.2 Å². The highest BCUT2D eigenvalue weighted by Gasteiger charge is 2.29. The average molecular weight is 701 g/mol. The van der Waals surface area contributed by atoms with Crippen LogP contribution in [0.5, 0.6) is 0 Å². The maximum absolute atomic E-state index is 13.9. The van der Waals surface area contributed by atoms with E-state index in [1.165, 1.54) is 29.9 Å². The summed E-state index contributed by atoms with van der Waals surface area (Å²) in [6, 6.07) is 13.2. The second kappa shape index (κ2) is 17.9. The maximum atomic E-state index is 13.9. The Morgan fingerprint density at radius 1 is 0.804 bits per heavy atom. The summed E-state index contributed by atoms with van der Waals surface area (Å²) in [6.45, 7) is 11.0. The van der Waals surface area contributed by atoms with Crippen LogP contribution in [0.2, 0.25) is 0 Å². The van der Waals surface area contributed by atoms with Gasteiger partial charge in [0.05, 0.1) is 0 Å². The van der Waals surface area contributed by atoms with Crippen molar-refractivity contribution >= 4 is 29.5 Å². The van der Waals surface area contributed by atoms with Crippen molar-refractivity contribution in [2.75, 3.05) is 51.1 Å². The van der Waals surface area contributed by atoms with Gasteiger partial charge in [0.2, 0.25) is 0 Å². The van der Waals surface area contributed by atoms with Crippen LogP contribution >= 0.6 is 0 Å². The zero-order chi connectivity index (χ0) is 36.3. The Hall–Kier alpha value is -4.80. The quantitative estimate of drug-likeness (QED) is 0.115. The predicted octanol–water partition coefficient (Wildman–Crippen LogP) is 7.81. The second-order valence-electron chi connectivity index (χ2n) is 12.9. The first-order valence-electron chi connectivity index (χ1n) is 17.4. The molecule has 1 heterocycles. The number of nitrogens with one attached hydrogen (secondary N) is 2. The lowest BCUT2D eigenvalue weighted by Crippen LogP contribution is -2.47. The predicted molar refractivity (Wildman–Crippen MR) is 195 cm³/mol. The molecule has 0 radical (unpaired) electrons. The van der Waals surface area contributed by atoms with Crippen LogP contribution in [0, 0.1) is 23.3 Å². The SMILES string of the molecule is C/C=C(\C=C/CC)CN1CCN(CCNc2ccc(C(=O)NC3C/C(=C\c4ccc(F)c(F)c4)C(=O)/C(=C/c4ccc(F)c(F)c4)C3)cc2)CC1. The molecule has 1 amide bonds. The third-order valence-electron chi connectivity index (χ3n) is 9.13. The molecule has 0 spiro atoms. The van der Waals surface area contributed by atoms with Crippen LogP contribution in [0.1, 0.15) is 54.6 Å². The molecule has 10 heteroatoms. The molecule has 1 aliphatic carbocycles. The molecule has 51 heavy (non-hydrogen) atoms. The number of hydrogen-bond donors (Lipinski definition) is 2. The van der Waals surface area contributed by atoms with Crippen LogP contribution in [0.25, 0.3) is 12.2 Å².